The third-order valence-corrected chi connectivity index (χ3v) is 5.80. The fraction of sp³-hybridized carbons (Fsp3) is 0.261. The number of nitrogens with two attached hydrogens (primary N) is 1. The Hall–Kier alpha value is -3.36. The maximum absolute atomic E-state index is 14.3. The maximum atomic E-state index is 14.3. The summed E-state index contributed by atoms with van der Waals surface area (Å²) in [6, 6.07) is 10.8. The summed E-state index contributed by atoms with van der Waals surface area (Å²) in [7, 11) is 0. The van der Waals surface area contributed by atoms with Crippen LogP contribution in [0.3, 0.4) is 0 Å². The Kier molecular flexibility index (Phi) is 5.09. The number of pyridine rings is 2. The van der Waals surface area contributed by atoms with Crippen LogP contribution in [0.5, 0.6) is 0 Å². The number of aliphatic hydroxyl groups is 1. The third kappa shape index (κ3) is 3.75. The van der Waals surface area contributed by atoms with E-state index in [1.165, 1.54) is 6.07 Å². The molecule has 4 heterocycles. The Morgan fingerprint density at radius 3 is 2.68 bits per heavy atom. The van der Waals surface area contributed by atoms with Gasteiger partial charge in [0.15, 0.2) is 11.5 Å². The minimum atomic E-state index is -0.327. The molecular weight excluding hydrogens is 395 g/mol. The smallest absolute Gasteiger partial charge is 0.178 e. The van der Waals surface area contributed by atoms with Gasteiger partial charge in [-0.05, 0) is 42.7 Å². The van der Waals surface area contributed by atoms with Crippen LogP contribution in [0.1, 0.15) is 18.4 Å². The third-order valence-electron chi connectivity index (χ3n) is 5.80. The molecule has 4 aromatic rings. The molecule has 3 aromatic heterocycles. The van der Waals surface area contributed by atoms with Crippen LogP contribution in [-0.2, 0) is 6.54 Å². The van der Waals surface area contributed by atoms with E-state index in [0.29, 0.717) is 22.7 Å². The van der Waals surface area contributed by atoms with Gasteiger partial charge in [0, 0.05) is 37.0 Å². The van der Waals surface area contributed by atoms with Crippen LogP contribution in [0.25, 0.3) is 33.8 Å². The largest absolute Gasteiger partial charge is 0.393 e. The van der Waals surface area contributed by atoms with E-state index < -0.39 is 0 Å². The molecule has 4 N–H and O–H groups in total. The van der Waals surface area contributed by atoms with Crippen LogP contribution in [0, 0.1) is 5.82 Å². The van der Waals surface area contributed by atoms with Crippen molar-refractivity contribution in [3.05, 3.63) is 60.2 Å². The van der Waals surface area contributed by atoms with Gasteiger partial charge >= 0.3 is 0 Å². The summed E-state index contributed by atoms with van der Waals surface area (Å²) in [4.78, 5) is 19.0. The first-order chi connectivity index (χ1) is 15.1. The van der Waals surface area contributed by atoms with Crippen molar-refractivity contribution in [2.24, 2.45) is 5.73 Å². The number of hydrogen-bond donors (Lipinski definition) is 3. The van der Waals surface area contributed by atoms with Crippen molar-refractivity contribution in [2.45, 2.75) is 25.5 Å². The second-order valence-electron chi connectivity index (χ2n) is 7.77. The summed E-state index contributed by atoms with van der Waals surface area (Å²) in [6.45, 7) is 1.80. The molecule has 1 saturated heterocycles. The topological polar surface area (TPSA) is 104 Å². The summed E-state index contributed by atoms with van der Waals surface area (Å²) in [5, 5.41) is 9.69. The van der Waals surface area contributed by atoms with Crippen LogP contribution < -0.4 is 10.6 Å². The molecule has 0 saturated carbocycles. The Morgan fingerprint density at radius 2 is 1.97 bits per heavy atom. The van der Waals surface area contributed by atoms with Crippen molar-refractivity contribution in [1.82, 2.24) is 19.9 Å². The highest BCUT2D eigenvalue weighted by Crippen LogP contribution is 2.30. The van der Waals surface area contributed by atoms with Gasteiger partial charge in [-0.25, -0.2) is 14.4 Å². The molecule has 0 radical (unpaired) electrons. The second kappa shape index (κ2) is 8.05. The van der Waals surface area contributed by atoms with Crippen LogP contribution in [0.4, 0.5) is 10.1 Å². The van der Waals surface area contributed by atoms with E-state index in [-0.39, 0.29) is 18.5 Å². The quantitative estimate of drug-likeness (QED) is 0.470. The van der Waals surface area contributed by atoms with Gasteiger partial charge in [-0.1, -0.05) is 12.1 Å². The van der Waals surface area contributed by atoms with Crippen molar-refractivity contribution in [1.29, 1.82) is 0 Å². The minimum Gasteiger partial charge on any atom is -0.393 e. The first-order valence-corrected chi connectivity index (χ1v) is 10.4. The van der Waals surface area contributed by atoms with Crippen LogP contribution >= 0.6 is 0 Å². The lowest BCUT2D eigenvalue weighted by atomic mass is 10.0. The molecule has 31 heavy (non-hydrogen) atoms. The Labute approximate surface area is 178 Å². The van der Waals surface area contributed by atoms with E-state index in [1.807, 2.05) is 30.5 Å². The van der Waals surface area contributed by atoms with Crippen LogP contribution in [0.2, 0.25) is 0 Å². The Balaban J connectivity index is 1.46. The normalized spacial score (nSPS) is 15.0. The maximum Gasteiger partial charge on any atom is 0.178 e. The Morgan fingerprint density at radius 1 is 1.13 bits per heavy atom. The van der Waals surface area contributed by atoms with Crippen molar-refractivity contribution in [3.63, 3.8) is 0 Å². The van der Waals surface area contributed by atoms with Gasteiger partial charge in [0.25, 0.3) is 0 Å². The highest BCUT2D eigenvalue weighted by molar-refractivity contribution is 5.91. The van der Waals surface area contributed by atoms with E-state index in [2.05, 4.69) is 24.8 Å². The van der Waals surface area contributed by atoms with E-state index in [0.717, 1.165) is 48.3 Å². The van der Waals surface area contributed by atoms with E-state index in [9.17, 15) is 9.50 Å². The first-order valence-electron chi connectivity index (χ1n) is 10.4. The number of aromatic nitrogens is 4. The number of imidazole rings is 1. The molecule has 158 valence electrons. The van der Waals surface area contributed by atoms with Crippen LogP contribution in [0.15, 0.2) is 48.8 Å². The summed E-state index contributed by atoms with van der Waals surface area (Å²) in [5.41, 5.74) is 10.6. The molecule has 0 bridgehead atoms. The van der Waals surface area contributed by atoms with E-state index in [1.54, 1.807) is 12.3 Å². The van der Waals surface area contributed by atoms with Gasteiger partial charge in [0.05, 0.1) is 23.5 Å². The minimum absolute atomic E-state index is 0.158. The molecule has 5 rings (SSSR count). The van der Waals surface area contributed by atoms with Crippen molar-refractivity contribution in [2.75, 3.05) is 18.0 Å². The predicted molar refractivity (Wildman–Crippen MR) is 118 cm³/mol. The molecule has 7 nitrogen and oxygen atoms in total. The number of halogens is 1. The number of benzene rings is 1. The highest BCUT2D eigenvalue weighted by atomic mass is 19.1. The number of H-pyrrole nitrogens is 1. The standard InChI is InChI=1S/C23H23FN6O/c24-19-11-14(1-2-15(19)12-25)18-5-8-26-23-21(18)28-22(29-23)20-4-3-16(13-27-20)30-9-6-17(31)7-10-30/h1-5,8,11,13,17,31H,6-7,9-10,12,25H2,(H,26,28,29). The van der Waals surface area contributed by atoms with E-state index in [4.69, 9.17) is 5.73 Å². The van der Waals surface area contributed by atoms with Crippen molar-refractivity contribution < 1.29 is 9.50 Å². The summed E-state index contributed by atoms with van der Waals surface area (Å²) in [6.07, 6.45) is 4.83. The number of nitrogens with zero attached hydrogens (tertiary/aromatic N) is 4. The van der Waals surface area contributed by atoms with Crippen molar-refractivity contribution in [3.8, 4) is 22.6 Å². The lowest BCUT2D eigenvalue weighted by Gasteiger charge is -2.31. The van der Waals surface area contributed by atoms with E-state index >= 15 is 0 Å². The predicted octanol–water partition coefficient (Wildman–Crippen LogP) is 3.25. The van der Waals surface area contributed by atoms with Gasteiger partial charge in [-0.2, -0.15) is 0 Å². The monoisotopic (exact) mass is 418 g/mol. The van der Waals surface area contributed by atoms with Gasteiger partial charge in [-0.15, -0.1) is 0 Å². The zero-order chi connectivity index (χ0) is 21.4. The number of fused-ring (bicyclic) bond motifs is 1. The molecule has 0 amide bonds. The zero-order valence-electron chi connectivity index (χ0n) is 16.9. The van der Waals surface area contributed by atoms with Crippen LogP contribution in [-0.4, -0.2) is 44.2 Å². The number of aliphatic hydroxyl groups excluding tert-OH is 1. The van der Waals surface area contributed by atoms with Gasteiger partial charge in [-0.3, -0.25) is 4.98 Å². The fourth-order valence-electron chi connectivity index (χ4n) is 3.99. The molecule has 1 aliphatic heterocycles. The average molecular weight is 418 g/mol. The molecule has 8 heteroatoms. The van der Waals surface area contributed by atoms with Gasteiger partial charge < -0.3 is 20.7 Å². The molecule has 0 atom stereocenters. The zero-order valence-corrected chi connectivity index (χ0v) is 16.9. The average Bonchev–Trinajstić information content (AvgIpc) is 3.24. The first kappa shape index (κ1) is 19.6. The SMILES string of the molecule is NCc1ccc(-c2ccnc3nc(-c4ccc(N5CCC(O)CC5)cn4)[nH]c23)cc1F. The number of rotatable bonds is 4. The lowest BCUT2D eigenvalue weighted by molar-refractivity contribution is 0.145. The molecule has 0 spiro atoms. The molecular formula is C23H23FN6O. The number of piperidine rings is 1. The number of aromatic amines is 1. The fourth-order valence-corrected chi connectivity index (χ4v) is 3.99. The number of nitrogens with one attached hydrogen (secondary N) is 1. The molecule has 1 aromatic carbocycles. The molecule has 0 aliphatic carbocycles. The molecule has 1 fully saturated rings. The lowest BCUT2D eigenvalue weighted by Crippen LogP contribution is -2.35. The number of anilines is 1. The van der Waals surface area contributed by atoms with Gasteiger partial charge in [0.1, 0.15) is 11.5 Å². The Bertz CT molecular complexity index is 1210. The summed E-state index contributed by atoms with van der Waals surface area (Å²) >= 11 is 0. The summed E-state index contributed by atoms with van der Waals surface area (Å²) < 4.78 is 14.3. The van der Waals surface area contributed by atoms with Crippen molar-refractivity contribution >= 4 is 16.9 Å². The second-order valence-corrected chi connectivity index (χ2v) is 7.77. The summed E-state index contributed by atoms with van der Waals surface area (Å²) in [5.74, 6) is 0.279. The number of hydrogen-bond acceptors (Lipinski definition) is 6. The highest BCUT2D eigenvalue weighted by Gasteiger charge is 2.18. The van der Waals surface area contributed by atoms with Gasteiger partial charge in [0.2, 0.25) is 0 Å². The molecule has 1 aliphatic rings. The molecule has 0 unspecified atom stereocenters.